The fourth-order valence-electron chi connectivity index (χ4n) is 7.38. The quantitative estimate of drug-likeness (QED) is 0.790. The van der Waals surface area contributed by atoms with E-state index in [1.165, 1.54) is 83.8 Å². The molecule has 0 aromatic heterocycles. The lowest BCUT2D eigenvalue weighted by Gasteiger charge is -2.56. The van der Waals surface area contributed by atoms with Crippen LogP contribution in [0.5, 0.6) is 0 Å². The molecule has 0 spiro atoms. The zero-order valence-corrected chi connectivity index (χ0v) is 15.2. The highest BCUT2D eigenvalue weighted by atomic mass is 16.2. The highest BCUT2D eigenvalue weighted by Crippen LogP contribution is 2.60. The van der Waals surface area contributed by atoms with Gasteiger partial charge in [0.25, 0.3) is 0 Å². The highest BCUT2D eigenvalue weighted by molar-refractivity contribution is 5.83. The van der Waals surface area contributed by atoms with Gasteiger partial charge in [-0.2, -0.15) is 0 Å². The van der Waals surface area contributed by atoms with Crippen molar-refractivity contribution >= 4 is 5.91 Å². The summed E-state index contributed by atoms with van der Waals surface area (Å²) in [4.78, 5) is 18.4. The maximum absolute atomic E-state index is 13.4. The van der Waals surface area contributed by atoms with Crippen LogP contribution in [0, 0.1) is 29.1 Å². The van der Waals surface area contributed by atoms with E-state index in [2.05, 4.69) is 9.80 Å². The average molecular weight is 331 g/mol. The van der Waals surface area contributed by atoms with E-state index in [1.54, 1.807) is 0 Å². The molecule has 6 rings (SSSR count). The van der Waals surface area contributed by atoms with Crippen molar-refractivity contribution < 1.29 is 4.79 Å². The van der Waals surface area contributed by atoms with Crippen LogP contribution in [0.1, 0.15) is 64.2 Å². The Morgan fingerprint density at radius 3 is 2.12 bits per heavy atom. The number of likely N-dealkylation sites (tertiary alicyclic amines) is 2. The molecule has 1 amide bonds. The molecule has 1 atom stereocenters. The van der Waals surface area contributed by atoms with Crippen molar-refractivity contribution in [1.82, 2.24) is 9.80 Å². The van der Waals surface area contributed by atoms with Crippen LogP contribution < -0.4 is 0 Å². The summed E-state index contributed by atoms with van der Waals surface area (Å²) in [6.07, 6.45) is 13.4. The molecule has 3 heteroatoms. The molecule has 24 heavy (non-hydrogen) atoms. The van der Waals surface area contributed by atoms with Gasteiger partial charge in [0.15, 0.2) is 0 Å². The third-order valence-electron chi connectivity index (χ3n) is 8.03. The van der Waals surface area contributed by atoms with Gasteiger partial charge in [0.05, 0.1) is 5.41 Å². The molecule has 134 valence electrons. The van der Waals surface area contributed by atoms with E-state index in [0.29, 0.717) is 5.91 Å². The maximum atomic E-state index is 13.4. The molecule has 2 heterocycles. The number of carbonyl (C=O) groups excluding carboxylic acids is 1. The van der Waals surface area contributed by atoms with Crippen molar-refractivity contribution in [2.45, 2.75) is 64.2 Å². The predicted molar refractivity (Wildman–Crippen MR) is 95.6 cm³/mol. The monoisotopic (exact) mass is 330 g/mol. The summed E-state index contributed by atoms with van der Waals surface area (Å²) in [6, 6.07) is 0. The van der Waals surface area contributed by atoms with Crippen LogP contribution >= 0.6 is 0 Å². The second-order valence-electron chi connectivity index (χ2n) is 9.97. The first-order valence-electron chi connectivity index (χ1n) is 10.7. The lowest BCUT2D eigenvalue weighted by Crippen LogP contribution is -2.54. The molecule has 0 radical (unpaired) electrons. The van der Waals surface area contributed by atoms with Gasteiger partial charge in [-0.1, -0.05) is 6.42 Å². The van der Waals surface area contributed by atoms with Crippen LogP contribution in [-0.4, -0.2) is 48.4 Å². The van der Waals surface area contributed by atoms with Gasteiger partial charge in [-0.15, -0.1) is 0 Å². The van der Waals surface area contributed by atoms with E-state index < -0.39 is 0 Å². The normalized spacial score (nSPS) is 45.1. The molecule has 2 saturated heterocycles. The largest absolute Gasteiger partial charge is 0.342 e. The Balaban J connectivity index is 1.22. The molecular weight excluding hydrogens is 296 g/mol. The van der Waals surface area contributed by atoms with Crippen molar-refractivity contribution in [2.75, 3.05) is 32.7 Å². The molecule has 0 N–H and O–H groups in total. The zero-order valence-electron chi connectivity index (χ0n) is 15.2. The van der Waals surface area contributed by atoms with Crippen molar-refractivity contribution in [3.63, 3.8) is 0 Å². The Kier molecular flexibility index (Phi) is 3.92. The lowest BCUT2D eigenvalue weighted by atomic mass is 9.49. The Hall–Kier alpha value is -0.570. The summed E-state index contributed by atoms with van der Waals surface area (Å²) in [5.74, 6) is 3.95. The van der Waals surface area contributed by atoms with Crippen LogP contribution in [0.15, 0.2) is 0 Å². The molecule has 4 bridgehead atoms. The number of carbonyl (C=O) groups is 1. The molecule has 6 aliphatic rings. The summed E-state index contributed by atoms with van der Waals surface area (Å²) in [5, 5.41) is 0. The zero-order chi connectivity index (χ0) is 16.1. The molecular formula is C21H34N2O. The second kappa shape index (κ2) is 6.00. The van der Waals surface area contributed by atoms with Gasteiger partial charge in [-0.3, -0.25) is 4.79 Å². The standard InChI is InChI=1S/C21H34N2O/c24-20(21-11-17-8-18(12-21)10-19(9-17)13-21)23-7-4-16(15-23)14-22-5-2-1-3-6-22/h16-19H,1-15H2. The van der Waals surface area contributed by atoms with E-state index >= 15 is 0 Å². The minimum atomic E-state index is 0.0781. The third-order valence-corrected chi connectivity index (χ3v) is 8.03. The van der Waals surface area contributed by atoms with Crippen LogP contribution in [-0.2, 0) is 4.79 Å². The number of piperidine rings is 1. The van der Waals surface area contributed by atoms with Gasteiger partial charge in [0, 0.05) is 19.6 Å². The molecule has 6 fully saturated rings. The van der Waals surface area contributed by atoms with Crippen molar-refractivity contribution in [3.8, 4) is 0 Å². The number of nitrogens with zero attached hydrogens (tertiary/aromatic N) is 2. The van der Waals surface area contributed by atoms with Gasteiger partial charge in [-0.25, -0.2) is 0 Å². The van der Waals surface area contributed by atoms with E-state index in [9.17, 15) is 4.79 Å². The van der Waals surface area contributed by atoms with Gasteiger partial charge >= 0.3 is 0 Å². The van der Waals surface area contributed by atoms with Crippen LogP contribution in [0.25, 0.3) is 0 Å². The fraction of sp³-hybridized carbons (Fsp3) is 0.952. The Morgan fingerprint density at radius 2 is 1.50 bits per heavy atom. The van der Waals surface area contributed by atoms with Gasteiger partial charge in [0.1, 0.15) is 0 Å². The number of hydrogen-bond acceptors (Lipinski definition) is 2. The first-order valence-corrected chi connectivity index (χ1v) is 10.7. The summed E-state index contributed by atoms with van der Waals surface area (Å²) in [5.41, 5.74) is 0.0781. The maximum Gasteiger partial charge on any atom is 0.228 e. The number of rotatable bonds is 3. The van der Waals surface area contributed by atoms with Crippen LogP contribution in [0.2, 0.25) is 0 Å². The van der Waals surface area contributed by atoms with Gasteiger partial charge in [-0.05, 0) is 94.5 Å². The smallest absolute Gasteiger partial charge is 0.228 e. The minimum absolute atomic E-state index is 0.0781. The molecule has 0 aromatic carbocycles. The first-order chi connectivity index (χ1) is 11.7. The summed E-state index contributed by atoms with van der Waals surface area (Å²) in [7, 11) is 0. The summed E-state index contributed by atoms with van der Waals surface area (Å²) >= 11 is 0. The van der Waals surface area contributed by atoms with E-state index in [0.717, 1.165) is 36.8 Å². The van der Waals surface area contributed by atoms with E-state index in [1.807, 2.05) is 0 Å². The summed E-state index contributed by atoms with van der Waals surface area (Å²) < 4.78 is 0. The van der Waals surface area contributed by atoms with Gasteiger partial charge in [0.2, 0.25) is 5.91 Å². The Labute approximate surface area is 147 Å². The lowest BCUT2D eigenvalue weighted by molar-refractivity contribution is -0.156. The van der Waals surface area contributed by atoms with Crippen molar-refractivity contribution in [3.05, 3.63) is 0 Å². The molecule has 4 saturated carbocycles. The Bertz CT molecular complexity index is 461. The first kappa shape index (κ1) is 15.7. The third kappa shape index (κ3) is 2.71. The SMILES string of the molecule is O=C(N1CCC(CN2CCCCC2)C1)C12CC3CC(CC(C3)C1)C2. The molecule has 4 aliphatic carbocycles. The highest BCUT2D eigenvalue weighted by Gasteiger charge is 2.56. The molecule has 1 unspecified atom stereocenters. The Morgan fingerprint density at radius 1 is 0.875 bits per heavy atom. The molecule has 0 aromatic rings. The fourth-order valence-corrected chi connectivity index (χ4v) is 7.38. The van der Waals surface area contributed by atoms with Gasteiger partial charge < -0.3 is 9.80 Å². The van der Waals surface area contributed by atoms with Crippen LogP contribution in [0.3, 0.4) is 0 Å². The van der Waals surface area contributed by atoms with E-state index in [4.69, 9.17) is 0 Å². The topological polar surface area (TPSA) is 23.6 Å². The van der Waals surface area contributed by atoms with Crippen molar-refractivity contribution in [2.24, 2.45) is 29.1 Å². The average Bonchev–Trinajstić information content (AvgIpc) is 3.02. The molecule has 3 nitrogen and oxygen atoms in total. The van der Waals surface area contributed by atoms with E-state index in [-0.39, 0.29) is 5.41 Å². The minimum Gasteiger partial charge on any atom is -0.342 e. The second-order valence-corrected chi connectivity index (χ2v) is 9.97. The number of hydrogen-bond donors (Lipinski definition) is 0. The van der Waals surface area contributed by atoms with Crippen molar-refractivity contribution in [1.29, 1.82) is 0 Å². The summed E-state index contributed by atoms with van der Waals surface area (Å²) in [6.45, 7) is 5.92. The number of amides is 1. The molecule has 2 aliphatic heterocycles. The predicted octanol–water partition coefficient (Wildman–Crippen LogP) is 3.54. The van der Waals surface area contributed by atoms with Crippen LogP contribution in [0.4, 0.5) is 0 Å².